The molecular formula is C81H134NO8P. The second kappa shape index (κ2) is 74.4. The molecule has 2 atom stereocenters. The van der Waals surface area contributed by atoms with Crippen molar-refractivity contribution in [3.8, 4) is 0 Å². The Kier molecular flexibility index (Phi) is 70.6. The molecule has 516 valence electrons. The Labute approximate surface area is 559 Å². The second-order valence-corrected chi connectivity index (χ2v) is 25.1. The van der Waals surface area contributed by atoms with Gasteiger partial charge in [0.1, 0.15) is 6.61 Å². The first-order valence-corrected chi connectivity index (χ1v) is 38.1. The van der Waals surface area contributed by atoms with E-state index in [1.165, 1.54) is 128 Å². The summed E-state index contributed by atoms with van der Waals surface area (Å²) >= 11 is 0. The van der Waals surface area contributed by atoms with Gasteiger partial charge in [-0.05, 0) is 128 Å². The molecule has 0 aromatic carbocycles. The third-order valence-electron chi connectivity index (χ3n) is 15.1. The van der Waals surface area contributed by atoms with Gasteiger partial charge in [-0.2, -0.15) is 0 Å². The molecule has 0 aliphatic rings. The lowest BCUT2D eigenvalue weighted by atomic mass is 10.0. The molecule has 0 amide bonds. The average molecular weight is 1280 g/mol. The number of phosphoric acid groups is 1. The number of esters is 2. The first-order chi connectivity index (χ1) is 44.8. The number of nitrogens with two attached hydrogens (primary N) is 1. The van der Waals surface area contributed by atoms with Crippen LogP contribution < -0.4 is 5.73 Å². The summed E-state index contributed by atoms with van der Waals surface area (Å²) in [6, 6.07) is 0. The highest BCUT2D eigenvalue weighted by atomic mass is 31.2. The predicted molar refractivity (Wildman–Crippen MR) is 394 cm³/mol. The summed E-state index contributed by atoms with van der Waals surface area (Å²) in [7, 11) is -4.41. The Morgan fingerprint density at radius 1 is 0.330 bits per heavy atom. The molecule has 0 bridgehead atoms. The van der Waals surface area contributed by atoms with Gasteiger partial charge in [0.05, 0.1) is 13.2 Å². The van der Waals surface area contributed by atoms with Crippen LogP contribution in [0.1, 0.15) is 296 Å². The topological polar surface area (TPSA) is 134 Å². The number of carbonyl (C=O) groups is 2. The Balaban J connectivity index is 3.93. The number of phosphoric ester groups is 1. The standard InChI is InChI=1S/C81H134NO8P/c1-3-5-7-9-11-13-15-17-19-21-23-25-27-29-31-33-34-35-36-37-38-39-40-41-42-43-44-46-48-50-52-54-56-58-60-62-64-66-68-70-72-74-81(84)90-79(78-89-91(85,86)88-76-75-82)77-87-80(83)73-71-69-67-65-63-61-59-57-55-53-51-49-47-45-32-30-28-26-24-22-20-18-16-14-12-10-8-6-4-2/h5-8,11-14,17-20,23-26,29,31,34-35,37-38,40-41,43-44,48,50,79H,3-4,9-10,15-16,21-22,27-28,30,32-33,36,39,42,45-47,49,51-78,82H2,1-2H3,(H,85,86)/b7-5-,8-6-,13-11-,14-12-,19-17-,20-18-,25-23-,26-24-,31-29-,35-34-,38-37-,41-40-,44-43-,50-48-. The maximum absolute atomic E-state index is 12.8. The SMILES string of the molecule is CC/C=C\C/C=C\C/C=C\C/C=C\C/C=C\C/C=C\C/C=C\C/C=C\C/C=C\C/C=C\CCCCCCCCCCCCC(=O)OC(COC(=O)CCCCCCCCCCCCCCCCCC/C=C\C/C=C\C/C=C\C/C=C\CC)COP(=O)(O)OCCN. The zero-order chi connectivity index (χ0) is 65.8. The van der Waals surface area contributed by atoms with E-state index in [9.17, 15) is 19.0 Å². The first-order valence-electron chi connectivity index (χ1n) is 36.6. The van der Waals surface area contributed by atoms with Gasteiger partial charge in [-0.25, -0.2) is 4.57 Å². The summed E-state index contributed by atoms with van der Waals surface area (Å²) < 4.78 is 33.2. The van der Waals surface area contributed by atoms with Crippen molar-refractivity contribution >= 4 is 19.8 Å². The van der Waals surface area contributed by atoms with E-state index in [0.29, 0.717) is 6.42 Å². The van der Waals surface area contributed by atoms with Gasteiger partial charge in [-0.1, -0.05) is 325 Å². The van der Waals surface area contributed by atoms with Crippen LogP contribution in [0, 0.1) is 0 Å². The summed E-state index contributed by atoms with van der Waals surface area (Å²) in [6.07, 6.45) is 110. The van der Waals surface area contributed by atoms with E-state index < -0.39 is 26.5 Å². The third kappa shape index (κ3) is 74.3. The van der Waals surface area contributed by atoms with E-state index in [-0.39, 0.29) is 38.6 Å². The average Bonchev–Trinajstić information content (AvgIpc) is 3.74. The molecule has 0 rings (SSSR count). The molecule has 0 aliphatic heterocycles. The molecule has 0 aliphatic carbocycles. The van der Waals surface area contributed by atoms with Crippen LogP contribution in [-0.4, -0.2) is 49.3 Å². The van der Waals surface area contributed by atoms with Crippen LogP contribution in [0.15, 0.2) is 170 Å². The number of allylic oxidation sites excluding steroid dienone is 28. The zero-order valence-corrected chi connectivity index (χ0v) is 58.9. The summed E-state index contributed by atoms with van der Waals surface area (Å²) in [5.74, 6) is -0.834. The summed E-state index contributed by atoms with van der Waals surface area (Å²) in [5.41, 5.74) is 5.41. The number of hydrogen-bond acceptors (Lipinski definition) is 8. The van der Waals surface area contributed by atoms with Gasteiger partial charge < -0.3 is 20.1 Å². The maximum atomic E-state index is 12.8. The van der Waals surface area contributed by atoms with E-state index in [1.54, 1.807) is 0 Å². The molecule has 0 fully saturated rings. The van der Waals surface area contributed by atoms with Crippen molar-refractivity contribution < 1.29 is 37.6 Å². The highest BCUT2D eigenvalue weighted by Crippen LogP contribution is 2.43. The van der Waals surface area contributed by atoms with Crippen LogP contribution >= 0.6 is 7.82 Å². The van der Waals surface area contributed by atoms with Crippen molar-refractivity contribution in [2.45, 2.75) is 302 Å². The molecule has 0 radical (unpaired) electrons. The molecule has 0 heterocycles. The summed E-state index contributed by atoms with van der Waals surface area (Å²) in [6.45, 7) is 3.52. The van der Waals surface area contributed by atoms with Gasteiger partial charge in [-0.3, -0.25) is 18.6 Å². The van der Waals surface area contributed by atoms with Crippen molar-refractivity contribution in [1.29, 1.82) is 0 Å². The monoisotopic (exact) mass is 1280 g/mol. The minimum Gasteiger partial charge on any atom is -0.462 e. The van der Waals surface area contributed by atoms with Crippen molar-refractivity contribution in [1.82, 2.24) is 0 Å². The second-order valence-electron chi connectivity index (χ2n) is 23.7. The molecule has 0 saturated heterocycles. The largest absolute Gasteiger partial charge is 0.472 e. The molecule has 0 aromatic heterocycles. The van der Waals surface area contributed by atoms with Crippen LogP contribution in [-0.2, 0) is 32.7 Å². The number of rotatable bonds is 67. The maximum Gasteiger partial charge on any atom is 0.472 e. The van der Waals surface area contributed by atoms with E-state index in [4.69, 9.17) is 24.3 Å². The zero-order valence-electron chi connectivity index (χ0n) is 58.0. The lowest BCUT2D eigenvalue weighted by Crippen LogP contribution is -2.29. The number of carbonyl (C=O) groups excluding carboxylic acids is 2. The molecule has 10 heteroatoms. The fraction of sp³-hybridized carbons (Fsp3) is 0.630. The fourth-order valence-electron chi connectivity index (χ4n) is 9.78. The van der Waals surface area contributed by atoms with Crippen molar-refractivity contribution in [3.05, 3.63) is 170 Å². The number of hydrogen-bond donors (Lipinski definition) is 2. The summed E-state index contributed by atoms with van der Waals surface area (Å²) in [4.78, 5) is 35.4. The smallest absolute Gasteiger partial charge is 0.462 e. The van der Waals surface area contributed by atoms with Gasteiger partial charge in [0.15, 0.2) is 6.10 Å². The Hall–Kier alpha value is -4.63. The van der Waals surface area contributed by atoms with Crippen LogP contribution in [0.5, 0.6) is 0 Å². The van der Waals surface area contributed by atoms with Gasteiger partial charge in [0.25, 0.3) is 0 Å². The highest BCUT2D eigenvalue weighted by molar-refractivity contribution is 7.47. The predicted octanol–water partition coefficient (Wildman–Crippen LogP) is 24.5. The van der Waals surface area contributed by atoms with E-state index in [1.807, 2.05) is 0 Å². The van der Waals surface area contributed by atoms with Crippen LogP contribution in [0.3, 0.4) is 0 Å². The van der Waals surface area contributed by atoms with Crippen molar-refractivity contribution in [2.24, 2.45) is 5.73 Å². The van der Waals surface area contributed by atoms with Crippen molar-refractivity contribution in [3.63, 3.8) is 0 Å². The summed E-state index contributed by atoms with van der Waals surface area (Å²) in [5, 5.41) is 0. The van der Waals surface area contributed by atoms with Gasteiger partial charge >= 0.3 is 19.8 Å². The Morgan fingerprint density at radius 3 is 0.846 bits per heavy atom. The molecule has 2 unspecified atom stereocenters. The van der Waals surface area contributed by atoms with Gasteiger partial charge in [0, 0.05) is 19.4 Å². The number of ether oxygens (including phenoxy) is 2. The van der Waals surface area contributed by atoms with E-state index in [2.05, 4.69) is 184 Å². The minimum atomic E-state index is -4.41. The van der Waals surface area contributed by atoms with Crippen LogP contribution in [0.25, 0.3) is 0 Å². The van der Waals surface area contributed by atoms with Gasteiger partial charge in [-0.15, -0.1) is 0 Å². The Morgan fingerprint density at radius 2 is 0.571 bits per heavy atom. The minimum absolute atomic E-state index is 0.0461. The van der Waals surface area contributed by atoms with Crippen LogP contribution in [0.4, 0.5) is 0 Å². The third-order valence-corrected chi connectivity index (χ3v) is 16.1. The molecule has 9 nitrogen and oxygen atoms in total. The van der Waals surface area contributed by atoms with E-state index in [0.717, 1.165) is 135 Å². The Bertz CT molecular complexity index is 2100. The molecular weight excluding hydrogens is 1150 g/mol. The lowest BCUT2D eigenvalue weighted by molar-refractivity contribution is -0.161. The highest BCUT2D eigenvalue weighted by Gasteiger charge is 2.26. The molecule has 91 heavy (non-hydrogen) atoms. The van der Waals surface area contributed by atoms with Crippen LogP contribution in [0.2, 0.25) is 0 Å². The van der Waals surface area contributed by atoms with Crippen molar-refractivity contribution in [2.75, 3.05) is 26.4 Å². The van der Waals surface area contributed by atoms with Gasteiger partial charge in [0.2, 0.25) is 0 Å². The normalized spacial score (nSPS) is 13.9. The quantitative estimate of drug-likeness (QED) is 0.0264. The lowest BCUT2D eigenvalue weighted by Gasteiger charge is -2.19. The van der Waals surface area contributed by atoms with E-state index >= 15 is 0 Å². The fourth-order valence-corrected chi connectivity index (χ4v) is 10.5. The molecule has 0 spiro atoms. The number of unbranched alkanes of at least 4 members (excludes halogenated alkanes) is 26. The molecule has 0 aromatic rings. The molecule has 3 N–H and O–H groups in total. The first kappa shape index (κ1) is 86.4. The molecule has 0 saturated carbocycles.